The molecule has 0 radical (unpaired) electrons. The summed E-state index contributed by atoms with van der Waals surface area (Å²) in [6, 6.07) is 16.9. The molecule has 0 aliphatic carbocycles. The van der Waals surface area contributed by atoms with Crippen molar-refractivity contribution >= 4 is 40.7 Å². The second kappa shape index (κ2) is 9.32. The first-order chi connectivity index (χ1) is 14.6. The van der Waals surface area contributed by atoms with Crippen molar-refractivity contribution < 1.29 is 9.59 Å². The number of piperazine rings is 1. The van der Waals surface area contributed by atoms with Crippen molar-refractivity contribution in [1.82, 2.24) is 14.8 Å². The Bertz CT molecular complexity index is 1010. The fourth-order valence-electron chi connectivity index (χ4n) is 3.16. The fraction of sp³-hybridized carbons (Fsp3) is 0.227. The summed E-state index contributed by atoms with van der Waals surface area (Å²) in [6.45, 7) is 4.08. The van der Waals surface area contributed by atoms with Crippen molar-refractivity contribution in [2.24, 2.45) is 0 Å². The van der Waals surface area contributed by atoms with Gasteiger partial charge in [-0.3, -0.25) is 4.79 Å². The van der Waals surface area contributed by atoms with Crippen LogP contribution in [0.2, 0.25) is 0 Å². The molecule has 2 aromatic carbocycles. The van der Waals surface area contributed by atoms with Gasteiger partial charge in [0, 0.05) is 53.4 Å². The molecule has 3 aromatic rings. The quantitative estimate of drug-likeness (QED) is 0.647. The van der Waals surface area contributed by atoms with Crippen LogP contribution >= 0.6 is 23.1 Å². The summed E-state index contributed by atoms with van der Waals surface area (Å²) in [5.41, 5.74) is 2.46. The van der Waals surface area contributed by atoms with Gasteiger partial charge in [0.15, 0.2) is 4.34 Å². The number of aromatic nitrogens is 1. The average molecular weight is 439 g/mol. The number of urea groups is 1. The van der Waals surface area contributed by atoms with Crippen LogP contribution in [0.3, 0.4) is 0 Å². The average Bonchev–Trinajstić information content (AvgIpc) is 3.20. The standard InChI is InChI=1S/C22H22N4O2S2/c1-16-15-29-22(23-16)30-19-9-7-18(8-10-19)24-21(28)26-13-11-25(12-14-26)20(27)17-5-3-2-4-6-17/h2-10,15H,11-14H2,1H3,(H,24,28). The van der Waals surface area contributed by atoms with Crippen LogP contribution < -0.4 is 5.32 Å². The number of carbonyl (C=O) groups excluding carboxylic acids is 2. The number of carbonyl (C=O) groups is 2. The molecule has 0 bridgehead atoms. The Morgan fingerprint density at radius 1 is 0.967 bits per heavy atom. The molecule has 2 heterocycles. The molecule has 3 amide bonds. The first kappa shape index (κ1) is 20.4. The van der Waals surface area contributed by atoms with Crippen LogP contribution in [0.25, 0.3) is 0 Å². The minimum atomic E-state index is -0.141. The maximum atomic E-state index is 12.6. The largest absolute Gasteiger partial charge is 0.335 e. The van der Waals surface area contributed by atoms with Crippen molar-refractivity contribution in [3.63, 3.8) is 0 Å². The van der Waals surface area contributed by atoms with Crippen molar-refractivity contribution in [1.29, 1.82) is 0 Å². The molecule has 0 saturated carbocycles. The van der Waals surface area contributed by atoms with Crippen molar-refractivity contribution in [2.75, 3.05) is 31.5 Å². The number of hydrogen-bond donors (Lipinski definition) is 1. The molecule has 1 aliphatic heterocycles. The summed E-state index contributed by atoms with van der Waals surface area (Å²) >= 11 is 3.24. The minimum absolute atomic E-state index is 0.0131. The zero-order valence-corrected chi connectivity index (χ0v) is 18.2. The van der Waals surface area contributed by atoms with Gasteiger partial charge in [-0.25, -0.2) is 9.78 Å². The molecule has 0 atom stereocenters. The van der Waals surface area contributed by atoms with E-state index in [0.717, 1.165) is 20.6 Å². The van der Waals surface area contributed by atoms with Gasteiger partial charge in [-0.05, 0) is 43.3 Å². The minimum Gasteiger partial charge on any atom is -0.335 e. The molecule has 6 nitrogen and oxygen atoms in total. The Hall–Kier alpha value is -2.84. The van der Waals surface area contributed by atoms with E-state index in [9.17, 15) is 9.59 Å². The zero-order valence-electron chi connectivity index (χ0n) is 16.6. The summed E-state index contributed by atoms with van der Waals surface area (Å²) in [5.74, 6) is 0.0131. The highest BCUT2D eigenvalue weighted by atomic mass is 32.2. The van der Waals surface area contributed by atoms with Gasteiger partial charge in [-0.1, -0.05) is 30.0 Å². The molecule has 1 aromatic heterocycles. The molecule has 1 aliphatic rings. The number of benzene rings is 2. The maximum absolute atomic E-state index is 12.6. The molecule has 4 rings (SSSR count). The lowest BCUT2D eigenvalue weighted by atomic mass is 10.2. The summed E-state index contributed by atoms with van der Waals surface area (Å²) in [5, 5.41) is 4.98. The van der Waals surface area contributed by atoms with E-state index in [1.165, 1.54) is 0 Å². The van der Waals surface area contributed by atoms with Crippen LogP contribution in [0.15, 0.2) is 69.2 Å². The number of anilines is 1. The Labute approximate surface area is 183 Å². The summed E-state index contributed by atoms with van der Waals surface area (Å²) < 4.78 is 1.01. The van der Waals surface area contributed by atoms with E-state index < -0.39 is 0 Å². The van der Waals surface area contributed by atoms with E-state index in [2.05, 4.69) is 10.3 Å². The van der Waals surface area contributed by atoms with E-state index in [-0.39, 0.29) is 11.9 Å². The zero-order chi connectivity index (χ0) is 20.9. The van der Waals surface area contributed by atoms with Crippen LogP contribution in [0.5, 0.6) is 0 Å². The topological polar surface area (TPSA) is 65.5 Å². The van der Waals surface area contributed by atoms with Crippen molar-refractivity contribution in [2.45, 2.75) is 16.2 Å². The molecule has 0 spiro atoms. The number of hydrogen-bond acceptors (Lipinski definition) is 5. The van der Waals surface area contributed by atoms with Gasteiger partial charge in [0.1, 0.15) is 0 Å². The molecular formula is C22H22N4O2S2. The Kier molecular flexibility index (Phi) is 6.35. The van der Waals surface area contributed by atoms with E-state index in [0.29, 0.717) is 31.7 Å². The molecule has 154 valence electrons. The second-order valence-corrected chi connectivity index (χ2v) is 9.14. The van der Waals surface area contributed by atoms with Crippen LogP contribution in [-0.4, -0.2) is 52.9 Å². The smallest absolute Gasteiger partial charge is 0.321 e. The molecule has 1 fully saturated rings. The van der Waals surface area contributed by atoms with Crippen LogP contribution in [-0.2, 0) is 0 Å². The number of nitrogens with one attached hydrogen (secondary N) is 1. The van der Waals surface area contributed by atoms with Gasteiger partial charge in [-0.15, -0.1) is 11.3 Å². The van der Waals surface area contributed by atoms with E-state index in [4.69, 9.17) is 0 Å². The van der Waals surface area contributed by atoms with Gasteiger partial charge in [0.2, 0.25) is 0 Å². The number of rotatable bonds is 4. The lowest BCUT2D eigenvalue weighted by Gasteiger charge is -2.34. The monoisotopic (exact) mass is 438 g/mol. The van der Waals surface area contributed by atoms with Gasteiger partial charge in [0.25, 0.3) is 5.91 Å². The van der Waals surface area contributed by atoms with Gasteiger partial charge in [0.05, 0.1) is 0 Å². The molecule has 0 unspecified atom stereocenters. The molecule has 1 N–H and O–H groups in total. The summed E-state index contributed by atoms with van der Waals surface area (Å²) in [4.78, 5) is 34.2. The number of amides is 3. The predicted molar refractivity (Wildman–Crippen MR) is 120 cm³/mol. The predicted octanol–water partition coefficient (Wildman–Crippen LogP) is 4.59. The summed E-state index contributed by atoms with van der Waals surface area (Å²) in [6.07, 6.45) is 0. The fourth-order valence-corrected chi connectivity index (χ4v) is 4.97. The Morgan fingerprint density at radius 3 is 2.27 bits per heavy atom. The number of nitrogens with zero attached hydrogens (tertiary/aromatic N) is 3. The molecular weight excluding hydrogens is 416 g/mol. The normalized spacial score (nSPS) is 13.9. The third-order valence-corrected chi connectivity index (χ3v) is 6.85. The molecule has 8 heteroatoms. The highest BCUT2D eigenvalue weighted by Gasteiger charge is 2.24. The van der Waals surface area contributed by atoms with Crippen molar-refractivity contribution in [3.05, 3.63) is 71.2 Å². The van der Waals surface area contributed by atoms with Crippen LogP contribution in [0, 0.1) is 6.92 Å². The molecule has 1 saturated heterocycles. The Balaban J connectivity index is 1.28. The van der Waals surface area contributed by atoms with E-state index in [1.807, 2.05) is 66.9 Å². The summed E-state index contributed by atoms with van der Waals surface area (Å²) in [7, 11) is 0. The highest BCUT2D eigenvalue weighted by molar-refractivity contribution is 8.01. The van der Waals surface area contributed by atoms with Crippen LogP contribution in [0.4, 0.5) is 10.5 Å². The van der Waals surface area contributed by atoms with Crippen molar-refractivity contribution in [3.8, 4) is 0 Å². The number of thiazole rings is 1. The highest BCUT2D eigenvalue weighted by Crippen LogP contribution is 2.30. The van der Waals surface area contributed by atoms with Gasteiger partial charge in [-0.2, -0.15) is 0 Å². The lowest BCUT2D eigenvalue weighted by molar-refractivity contribution is 0.0671. The lowest BCUT2D eigenvalue weighted by Crippen LogP contribution is -2.51. The van der Waals surface area contributed by atoms with Gasteiger partial charge < -0.3 is 15.1 Å². The third kappa shape index (κ3) is 5.01. The van der Waals surface area contributed by atoms with E-state index in [1.54, 1.807) is 32.9 Å². The molecule has 30 heavy (non-hydrogen) atoms. The van der Waals surface area contributed by atoms with Crippen LogP contribution in [0.1, 0.15) is 16.1 Å². The number of aryl methyl sites for hydroxylation is 1. The SMILES string of the molecule is Cc1csc(Sc2ccc(NC(=O)N3CCN(C(=O)c4ccccc4)CC3)cc2)n1. The first-order valence-corrected chi connectivity index (χ1v) is 11.4. The first-order valence-electron chi connectivity index (χ1n) is 9.69. The second-order valence-electron chi connectivity index (χ2n) is 6.96. The Morgan fingerprint density at radius 2 is 1.63 bits per heavy atom. The maximum Gasteiger partial charge on any atom is 0.321 e. The van der Waals surface area contributed by atoms with Gasteiger partial charge >= 0.3 is 6.03 Å². The van der Waals surface area contributed by atoms with E-state index >= 15 is 0 Å². The third-order valence-electron chi connectivity index (χ3n) is 4.78.